The molecule has 0 saturated carbocycles. The minimum Gasteiger partial charge on any atom is -0.392 e. The molecule has 0 aromatic rings. The highest BCUT2D eigenvalue weighted by molar-refractivity contribution is 8.00. The van der Waals surface area contributed by atoms with E-state index in [1.54, 1.807) is 13.0 Å². The molecule has 0 aliphatic heterocycles. The highest BCUT2D eigenvalue weighted by Crippen LogP contribution is 1.97. The minimum absolute atomic E-state index is 0.0391. The second-order valence-corrected chi connectivity index (χ2v) is 3.49. The minimum atomic E-state index is -0.474. The first-order chi connectivity index (χ1) is 5.66. The second kappa shape index (κ2) is 7.18. The zero-order valence-electron chi connectivity index (χ0n) is 7.25. The summed E-state index contributed by atoms with van der Waals surface area (Å²) < 4.78 is 0. The van der Waals surface area contributed by atoms with Gasteiger partial charge in [-0.2, -0.15) is 0 Å². The molecule has 1 amide bonds. The van der Waals surface area contributed by atoms with E-state index in [-0.39, 0.29) is 5.91 Å². The van der Waals surface area contributed by atoms with E-state index in [9.17, 15) is 4.79 Å². The molecule has 0 aliphatic rings. The maximum Gasteiger partial charge on any atom is 0.230 e. The van der Waals surface area contributed by atoms with Crippen LogP contribution in [0.2, 0.25) is 0 Å². The van der Waals surface area contributed by atoms with Crippen LogP contribution in [-0.2, 0) is 4.79 Å². The number of rotatable bonds is 6. The van der Waals surface area contributed by atoms with Crippen LogP contribution in [0.3, 0.4) is 0 Å². The Morgan fingerprint density at radius 2 is 2.50 bits per heavy atom. The summed E-state index contributed by atoms with van der Waals surface area (Å²) in [6.45, 7) is 5.50. The monoisotopic (exact) mass is 189 g/mol. The van der Waals surface area contributed by atoms with Crippen molar-refractivity contribution in [2.75, 3.05) is 18.1 Å². The molecule has 0 rings (SSSR count). The Morgan fingerprint density at radius 3 is 3.00 bits per heavy atom. The van der Waals surface area contributed by atoms with Gasteiger partial charge in [0, 0.05) is 12.3 Å². The molecular formula is C8H15NO2S. The first kappa shape index (κ1) is 11.5. The Kier molecular flexibility index (Phi) is 6.90. The molecule has 2 N–H and O–H groups in total. The maximum absolute atomic E-state index is 10.9. The third kappa shape index (κ3) is 7.63. The Labute approximate surface area is 77.2 Å². The predicted octanol–water partition coefficient (Wildman–Crippen LogP) is 0.403. The molecule has 1 unspecified atom stereocenters. The molecule has 0 fully saturated rings. The lowest BCUT2D eigenvalue weighted by Gasteiger charge is -2.05. The van der Waals surface area contributed by atoms with Crippen molar-refractivity contribution in [1.82, 2.24) is 5.32 Å². The fraction of sp³-hybridized carbons (Fsp3) is 0.625. The number of hydrogen-bond donors (Lipinski definition) is 2. The van der Waals surface area contributed by atoms with E-state index >= 15 is 0 Å². The van der Waals surface area contributed by atoms with E-state index in [0.29, 0.717) is 12.3 Å². The fourth-order valence-electron chi connectivity index (χ4n) is 0.548. The molecule has 12 heavy (non-hydrogen) atoms. The highest BCUT2D eigenvalue weighted by atomic mass is 32.2. The highest BCUT2D eigenvalue weighted by Gasteiger charge is 2.01. The molecule has 4 heteroatoms. The third-order valence-electron chi connectivity index (χ3n) is 1.06. The van der Waals surface area contributed by atoms with Gasteiger partial charge in [0.1, 0.15) is 0 Å². The molecule has 0 aliphatic carbocycles. The summed E-state index contributed by atoms with van der Waals surface area (Å²) in [6.07, 6.45) is 1.28. The summed E-state index contributed by atoms with van der Waals surface area (Å²) in [6, 6.07) is 0. The number of carbonyl (C=O) groups is 1. The van der Waals surface area contributed by atoms with Gasteiger partial charge in [0.2, 0.25) is 5.91 Å². The van der Waals surface area contributed by atoms with Gasteiger partial charge in [-0.25, -0.2) is 0 Å². The lowest BCUT2D eigenvalue weighted by atomic mass is 10.4. The molecule has 0 radical (unpaired) electrons. The topological polar surface area (TPSA) is 49.3 Å². The first-order valence-corrected chi connectivity index (χ1v) is 4.95. The molecular weight excluding hydrogens is 174 g/mol. The van der Waals surface area contributed by atoms with Gasteiger partial charge in [-0.15, -0.1) is 18.3 Å². The summed E-state index contributed by atoms with van der Waals surface area (Å²) in [5.41, 5.74) is 0. The van der Waals surface area contributed by atoms with E-state index in [2.05, 4.69) is 11.9 Å². The fourth-order valence-corrected chi connectivity index (χ4v) is 1.12. The number of aliphatic hydroxyl groups excluding tert-OH is 1. The van der Waals surface area contributed by atoms with Crippen LogP contribution < -0.4 is 5.32 Å². The van der Waals surface area contributed by atoms with Crippen molar-refractivity contribution in [3.8, 4) is 0 Å². The smallest absolute Gasteiger partial charge is 0.230 e. The van der Waals surface area contributed by atoms with Crippen LogP contribution in [0.1, 0.15) is 6.92 Å². The van der Waals surface area contributed by atoms with Crippen LogP contribution in [0.25, 0.3) is 0 Å². The van der Waals surface area contributed by atoms with Crippen LogP contribution >= 0.6 is 11.8 Å². The Bertz CT molecular complexity index is 148. The van der Waals surface area contributed by atoms with Gasteiger partial charge in [-0.1, -0.05) is 6.08 Å². The number of aliphatic hydroxyl groups is 1. The quantitative estimate of drug-likeness (QED) is 0.470. The van der Waals surface area contributed by atoms with E-state index in [4.69, 9.17) is 5.11 Å². The molecule has 1 atom stereocenters. The average molecular weight is 189 g/mol. The summed E-state index contributed by atoms with van der Waals surface area (Å²) in [5, 5.41) is 11.4. The maximum atomic E-state index is 10.9. The summed E-state index contributed by atoms with van der Waals surface area (Å²) >= 11 is 1.50. The number of nitrogens with one attached hydrogen (secondary N) is 1. The Balaban J connectivity index is 3.27. The summed E-state index contributed by atoms with van der Waals surface area (Å²) in [7, 11) is 0. The predicted molar refractivity (Wildman–Crippen MR) is 52.2 cm³/mol. The number of amides is 1. The molecule has 0 aromatic heterocycles. The van der Waals surface area contributed by atoms with Crippen molar-refractivity contribution in [2.24, 2.45) is 0 Å². The van der Waals surface area contributed by atoms with Gasteiger partial charge in [-0.05, 0) is 6.92 Å². The van der Waals surface area contributed by atoms with E-state index in [1.165, 1.54) is 11.8 Å². The summed E-state index contributed by atoms with van der Waals surface area (Å²) in [4.78, 5) is 10.9. The molecule has 0 aromatic carbocycles. The third-order valence-corrected chi connectivity index (χ3v) is 2.00. The molecule has 70 valence electrons. The average Bonchev–Trinajstić information content (AvgIpc) is 2.01. The van der Waals surface area contributed by atoms with Gasteiger partial charge in [-0.3, -0.25) is 4.79 Å². The van der Waals surface area contributed by atoms with E-state index in [1.807, 2.05) is 0 Å². The van der Waals surface area contributed by atoms with Gasteiger partial charge >= 0.3 is 0 Å². The zero-order valence-corrected chi connectivity index (χ0v) is 8.06. The van der Waals surface area contributed by atoms with Crippen molar-refractivity contribution in [1.29, 1.82) is 0 Å². The van der Waals surface area contributed by atoms with Gasteiger partial charge < -0.3 is 10.4 Å². The van der Waals surface area contributed by atoms with Crippen LogP contribution in [0.5, 0.6) is 0 Å². The van der Waals surface area contributed by atoms with Crippen molar-refractivity contribution in [3.63, 3.8) is 0 Å². The van der Waals surface area contributed by atoms with Gasteiger partial charge in [0.05, 0.1) is 11.9 Å². The van der Waals surface area contributed by atoms with Crippen LogP contribution in [0, 0.1) is 0 Å². The summed E-state index contributed by atoms with van der Waals surface area (Å²) in [5.74, 6) is 1.17. The van der Waals surface area contributed by atoms with Gasteiger partial charge in [0.25, 0.3) is 0 Å². The molecule has 0 heterocycles. The van der Waals surface area contributed by atoms with Crippen molar-refractivity contribution >= 4 is 17.7 Å². The zero-order chi connectivity index (χ0) is 9.40. The van der Waals surface area contributed by atoms with Crippen molar-refractivity contribution < 1.29 is 9.90 Å². The van der Waals surface area contributed by atoms with Crippen LogP contribution in [-0.4, -0.2) is 35.2 Å². The van der Waals surface area contributed by atoms with E-state index < -0.39 is 6.10 Å². The first-order valence-electron chi connectivity index (χ1n) is 3.80. The number of carbonyl (C=O) groups excluding carboxylic acids is 1. The Morgan fingerprint density at radius 1 is 1.83 bits per heavy atom. The van der Waals surface area contributed by atoms with Crippen molar-refractivity contribution in [3.05, 3.63) is 12.7 Å². The second-order valence-electron chi connectivity index (χ2n) is 2.46. The standard InChI is InChI=1S/C8H15NO2S/c1-3-4-12-6-8(11)9-5-7(2)10/h3,7,10H,1,4-6H2,2H3,(H,9,11). The molecule has 0 bridgehead atoms. The number of thioether (sulfide) groups is 1. The van der Waals surface area contributed by atoms with E-state index in [0.717, 1.165) is 5.75 Å². The van der Waals surface area contributed by atoms with Gasteiger partial charge in [0.15, 0.2) is 0 Å². The molecule has 3 nitrogen and oxygen atoms in total. The molecule has 0 saturated heterocycles. The lowest BCUT2D eigenvalue weighted by molar-refractivity contribution is -0.118. The Hall–Kier alpha value is -0.480. The molecule has 0 spiro atoms. The van der Waals surface area contributed by atoms with Crippen LogP contribution in [0.15, 0.2) is 12.7 Å². The largest absolute Gasteiger partial charge is 0.392 e. The number of hydrogen-bond acceptors (Lipinski definition) is 3. The van der Waals surface area contributed by atoms with Crippen LogP contribution in [0.4, 0.5) is 0 Å². The normalized spacial score (nSPS) is 12.2. The lowest BCUT2D eigenvalue weighted by Crippen LogP contribution is -2.31. The SMILES string of the molecule is C=CCSCC(=O)NCC(C)O. The van der Waals surface area contributed by atoms with Crippen molar-refractivity contribution in [2.45, 2.75) is 13.0 Å².